The molecule has 5 nitrogen and oxygen atoms in total. The number of aryl methyl sites for hydroxylation is 1. The van der Waals surface area contributed by atoms with E-state index in [1.165, 1.54) is 5.56 Å². The molecule has 1 aliphatic rings. The average Bonchev–Trinajstić information content (AvgIpc) is 3.05. The van der Waals surface area contributed by atoms with Crippen molar-refractivity contribution in [1.82, 2.24) is 19.2 Å². The Bertz CT molecular complexity index is 902. The van der Waals surface area contributed by atoms with E-state index in [1.54, 1.807) is 0 Å². The molecular formula is C20H22N4O. The van der Waals surface area contributed by atoms with Crippen LogP contribution in [0.15, 0.2) is 54.9 Å². The number of carbonyl (C=O) groups excluding carboxylic acids is 1. The third-order valence-electron chi connectivity index (χ3n) is 4.94. The van der Waals surface area contributed by atoms with Gasteiger partial charge >= 0.3 is 0 Å². The minimum atomic E-state index is 0.00961. The van der Waals surface area contributed by atoms with Crippen molar-refractivity contribution in [2.45, 2.75) is 13.0 Å². The Kier molecular flexibility index (Phi) is 4.01. The highest BCUT2D eigenvalue weighted by molar-refractivity contribution is 5.93. The number of rotatable bonds is 2. The summed E-state index contributed by atoms with van der Waals surface area (Å²) in [5, 5.41) is 0. The van der Waals surface area contributed by atoms with Gasteiger partial charge in [0, 0.05) is 32.0 Å². The van der Waals surface area contributed by atoms with Gasteiger partial charge in [-0.25, -0.2) is 4.98 Å². The lowest BCUT2D eigenvalue weighted by molar-refractivity contribution is 0.0541. The lowest BCUT2D eigenvalue weighted by atomic mass is 10.0. The molecule has 1 atom stereocenters. The Labute approximate surface area is 147 Å². The number of benzene rings is 1. The highest BCUT2D eigenvalue weighted by atomic mass is 16.2. The van der Waals surface area contributed by atoms with Crippen LogP contribution in [0.25, 0.3) is 5.65 Å². The van der Waals surface area contributed by atoms with Crippen LogP contribution in [0.3, 0.4) is 0 Å². The fraction of sp³-hybridized carbons (Fsp3) is 0.300. The molecule has 3 heterocycles. The molecule has 0 bridgehead atoms. The van der Waals surface area contributed by atoms with Crippen LogP contribution in [0.5, 0.6) is 0 Å². The van der Waals surface area contributed by atoms with Gasteiger partial charge in [-0.1, -0.05) is 36.4 Å². The van der Waals surface area contributed by atoms with E-state index in [1.807, 2.05) is 58.9 Å². The molecule has 5 heteroatoms. The van der Waals surface area contributed by atoms with Crippen molar-refractivity contribution in [3.63, 3.8) is 0 Å². The Morgan fingerprint density at radius 2 is 1.88 bits per heavy atom. The summed E-state index contributed by atoms with van der Waals surface area (Å²) in [6, 6.07) is 14.6. The molecule has 0 N–H and O–H groups in total. The average molecular weight is 334 g/mol. The first-order chi connectivity index (χ1) is 12.1. The maximum Gasteiger partial charge on any atom is 0.274 e. The van der Waals surface area contributed by atoms with Gasteiger partial charge in [-0.15, -0.1) is 0 Å². The molecule has 0 aliphatic carbocycles. The molecule has 0 spiro atoms. The third-order valence-corrected chi connectivity index (χ3v) is 4.94. The van der Waals surface area contributed by atoms with E-state index < -0.39 is 0 Å². The van der Waals surface area contributed by atoms with Crippen LogP contribution in [0, 0.1) is 6.92 Å². The first-order valence-electron chi connectivity index (χ1n) is 8.61. The Hall–Kier alpha value is -2.66. The third kappa shape index (κ3) is 3.03. The molecule has 128 valence electrons. The first kappa shape index (κ1) is 15.8. The van der Waals surface area contributed by atoms with E-state index >= 15 is 0 Å². The standard InChI is InChI=1S/C20H22N4O/c1-15-8-9-19-21-17(13-24(19)12-15)20(25)23-11-10-22(2)18(14-23)16-6-4-3-5-7-16/h3-9,12-13,18H,10-11,14H2,1-2H3/t18-/m1/s1. The SMILES string of the molecule is Cc1ccc2nc(C(=O)N3CCN(C)[C@@H](c4ccccc4)C3)cn2c1. The van der Waals surface area contributed by atoms with E-state index in [4.69, 9.17) is 0 Å². The fourth-order valence-corrected chi connectivity index (χ4v) is 3.46. The second-order valence-corrected chi connectivity index (χ2v) is 6.76. The van der Waals surface area contributed by atoms with E-state index in [0.717, 1.165) is 24.3 Å². The molecule has 25 heavy (non-hydrogen) atoms. The Morgan fingerprint density at radius 1 is 1.08 bits per heavy atom. The number of carbonyl (C=O) groups is 1. The maximum absolute atomic E-state index is 13.0. The van der Waals surface area contributed by atoms with Gasteiger partial charge in [-0.05, 0) is 31.2 Å². The lowest BCUT2D eigenvalue weighted by Gasteiger charge is -2.39. The summed E-state index contributed by atoms with van der Waals surface area (Å²) in [6.45, 7) is 4.31. The number of hydrogen-bond donors (Lipinski definition) is 0. The summed E-state index contributed by atoms with van der Waals surface area (Å²) < 4.78 is 1.92. The molecule has 1 amide bonds. The van der Waals surface area contributed by atoms with E-state index in [-0.39, 0.29) is 11.9 Å². The summed E-state index contributed by atoms with van der Waals surface area (Å²) in [4.78, 5) is 21.7. The number of pyridine rings is 1. The van der Waals surface area contributed by atoms with Crippen molar-refractivity contribution < 1.29 is 4.79 Å². The topological polar surface area (TPSA) is 40.9 Å². The van der Waals surface area contributed by atoms with Crippen molar-refractivity contribution in [3.05, 3.63) is 71.7 Å². The molecule has 0 unspecified atom stereocenters. The predicted octanol–water partition coefficient (Wildman–Crippen LogP) is 2.77. The molecule has 1 saturated heterocycles. The van der Waals surface area contributed by atoms with Crippen molar-refractivity contribution in [2.75, 3.05) is 26.7 Å². The van der Waals surface area contributed by atoms with E-state index in [0.29, 0.717) is 12.2 Å². The highest BCUT2D eigenvalue weighted by Gasteiger charge is 2.29. The monoisotopic (exact) mass is 334 g/mol. The smallest absolute Gasteiger partial charge is 0.274 e. The Morgan fingerprint density at radius 3 is 2.68 bits per heavy atom. The van der Waals surface area contributed by atoms with Gasteiger partial charge in [-0.3, -0.25) is 9.69 Å². The van der Waals surface area contributed by atoms with Crippen molar-refractivity contribution >= 4 is 11.6 Å². The normalized spacial score (nSPS) is 18.6. The van der Waals surface area contributed by atoms with Gasteiger partial charge in [0.1, 0.15) is 11.3 Å². The number of fused-ring (bicyclic) bond motifs is 1. The number of likely N-dealkylation sites (N-methyl/N-ethyl adjacent to an activating group) is 1. The van der Waals surface area contributed by atoms with Gasteiger partial charge in [0.25, 0.3) is 5.91 Å². The van der Waals surface area contributed by atoms with Gasteiger partial charge in [0.15, 0.2) is 0 Å². The van der Waals surface area contributed by atoms with Crippen LogP contribution in [-0.4, -0.2) is 51.8 Å². The van der Waals surface area contributed by atoms with Crippen molar-refractivity contribution in [3.8, 4) is 0 Å². The van der Waals surface area contributed by atoms with Gasteiger partial charge in [0.05, 0.1) is 6.04 Å². The first-order valence-corrected chi connectivity index (χ1v) is 8.61. The van der Waals surface area contributed by atoms with Crippen LogP contribution in [-0.2, 0) is 0 Å². The summed E-state index contributed by atoms with van der Waals surface area (Å²) in [5.41, 5.74) is 3.71. The summed E-state index contributed by atoms with van der Waals surface area (Å²) in [5.74, 6) is 0.00961. The van der Waals surface area contributed by atoms with Gasteiger partial charge in [-0.2, -0.15) is 0 Å². The summed E-state index contributed by atoms with van der Waals surface area (Å²) >= 11 is 0. The molecule has 0 radical (unpaired) electrons. The molecule has 2 aromatic heterocycles. The minimum Gasteiger partial charge on any atom is -0.334 e. The van der Waals surface area contributed by atoms with Crippen LogP contribution < -0.4 is 0 Å². The number of hydrogen-bond acceptors (Lipinski definition) is 3. The maximum atomic E-state index is 13.0. The van der Waals surface area contributed by atoms with Crippen LogP contribution >= 0.6 is 0 Å². The second-order valence-electron chi connectivity index (χ2n) is 6.76. The van der Waals surface area contributed by atoms with Crippen LogP contribution in [0.4, 0.5) is 0 Å². The molecule has 1 aromatic carbocycles. The van der Waals surface area contributed by atoms with E-state index in [9.17, 15) is 4.79 Å². The molecule has 1 aliphatic heterocycles. The molecule has 3 aromatic rings. The molecule has 4 rings (SSSR count). The minimum absolute atomic E-state index is 0.00961. The van der Waals surface area contributed by atoms with Crippen LogP contribution in [0.1, 0.15) is 27.7 Å². The largest absolute Gasteiger partial charge is 0.334 e. The van der Waals surface area contributed by atoms with E-state index in [2.05, 4.69) is 29.1 Å². The fourth-order valence-electron chi connectivity index (χ4n) is 3.46. The van der Waals surface area contributed by atoms with Gasteiger partial charge in [0.2, 0.25) is 0 Å². The molecule has 0 saturated carbocycles. The second kappa shape index (κ2) is 6.33. The number of aromatic nitrogens is 2. The lowest BCUT2D eigenvalue weighted by Crippen LogP contribution is -2.49. The molecular weight excluding hydrogens is 312 g/mol. The zero-order valence-electron chi connectivity index (χ0n) is 14.6. The quantitative estimate of drug-likeness (QED) is 0.724. The zero-order valence-corrected chi connectivity index (χ0v) is 14.6. The zero-order chi connectivity index (χ0) is 17.4. The molecule has 1 fully saturated rings. The highest BCUT2D eigenvalue weighted by Crippen LogP contribution is 2.24. The van der Waals surface area contributed by atoms with Crippen molar-refractivity contribution in [1.29, 1.82) is 0 Å². The summed E-state index contributed by atoms with van der Waals surface area (Å²) in [6.07, 6.45) is 3.83. The number of piperazine rings is 1. The Balaban J connectivity index is 1.58. The van der Waals surface area contributed by atoms with Crippen LogP contribution in [0.2, 0.25) is 0 Å². The predicted molar refractivity (Wildman–Crippen MR) is 97.6 cm³/mol. The summed E-state index contributed by atoms with van der Waals surface area (Å²) in [7, 11) is 2.12. The van der Waals surface area contributed by atoms with Gasteiger partial charge < -0.3 is 9.30 Å². The number of nitrogens with zero attached hydrogens (tertiary/aromatic N) is 4. The van der Waals surface area contributed by atoms with Crippen molar-refractivity contribution in [2.24, 2.45) is 0 Å². The number of amides is 1. The number of imidazole rings is 1.